The number of anilines is 1. The summed E-state index contributed by atoms with van der Waals surface area (Å²) in [5, 5.41) is 4.98. The van der Waals surface area contributed by atoms with E-state index < -0.39 is 38.0 Å². The summed E-state index contributed by atoms with van der Waals surface area (Å²) in [5.41, 5.74) is -1.22. The Morgan fingerprint density at radius 2 is 1.78 bits per heavy atom. The van der Waals surface area contributed by atoms with Crippen LogP contribution in [0.2, 0.25) is 0 Å². The van der Waals surface area contributed by atoms with E-state index in [9.17, 15) is 22.0 Å². The van der Waals surface area contributed by atoms with Gasteiger partial charge in [-0.3, -0.25) is 4.79 Å². The second-order valence-electron chi connectivity index (χ2n) is 6.02. The molecule has 0 fully saturated rings. The van der Waals surface area contributed by atoms with Crippen LogP contribution in [0.25, 0.3) is 0 Å². The Bertz CT molecular complexity index is 685. The molecule has 1 aromatic rings. The lowest BCUT2D eigenvalue weighted by Gasteiger charge is -2.21. The van der Waals surface area contributed by atoms with E-state index in [1.54, 1.807) is 27.8 Å². The summed E-state index contributed by atoms with van der Waals surface area (Å²) in [5.74, 6) is -2.79. The number of rotatable bonds is 6. The van der Waals surface area contributed by atoms with Gasteiger partial charge in [0.1, 0.15) is 16.5 Å². The number of benzene rings is 1. The van der Waals surface area contributed by atoms with Crippen LogP contribution in [-0.4, -0.2) is 33.5 Å². The normalized spacial score (nSPS) is 12.3. The van der Waals surface area contributed by atoms with Crippen LogP contribution in [0.1, 0.15) is 27.2 Å². The first-order chi connectivity index (χ1) is 10.5. The second-order valence-corrected chi connectivity index (χ2v) is 7.67. The van der Waals surface area contributed by atoms with Crippen molar-refractivity contribution in [3.05, 3.63) is 23.8 Å². The van der Waals surface area contributed by atoms with Crippen LogP contribution in [0.5, 0.6) is 0 Å². The number of nitrogens with one attached hydrogen (secondary N) is 3. The van der Waals surface area contributed by atoms with Crippen LogP contribution in [-0.2, 0) is 14.8 Å². The molecule has 1 amide bonds. The lowest BCUT2D eigenvalue weighted by atomic mass is 10.1. The zero-order chi connectivity index (χ0) is 17.8. The molecular weight excluding hydrogens is 328 g/mol. The highest BCUT2D eigenvalue weighted by Crippen LogP contribution is 2.24. The van der Waals surface area contributed by atoms with Crippen molar-refractivity contribution in [1.29, 1.82) is 0 Å². The van der Waals surface area contributed by atoms with Crippen LogP contribution in [0, 0.1) is 11.6 Å². The van der Waals surface area contributed by atoms with E-state index in [4.69, 9.17) is 0 Å². The van der Waals surface area contributed by atoms with Crippen molar-refractivity contribution < 1.29 is 22.0 Å². The smallest absolute Gasteiger partial charge is 0.244 e. The fraction of sp³-hybridized carbons (Fsp3) is 0.500. The van der Waals surface area contributed by atoms with Gasteiger partial charge < -0.3 is 10.6 Å². The minimum Gasteiger partial charge on any atom is -0.324 e. The minimum absolute atomic E-state index is 0.0651. The van der Waals surface area contributed by atoms with E-state index in [-0.39, 0.29) is 12.1 Å². The highest BCUT2D eigenvalue weighted by Gasteiger charge is 2.26. The average Bonchev–Trinajstić information content (AvgIpc) is 2.36. The largest absolute Gasteiger partial charge is 0.324 e. The van der Waals surface area contributed by atoms with Crippen molar-refractivity contribution in [2.45, 2.75) is 37.6 Å². The molecule has 1 aromatic carbocycles. The van der Waals surface area contributed by atoms with Gasteiger partial charge in [0.05, 0.1) is 5.69 Å². The second kappa shape index (κ2) is 7.33. The van der Waals surface area contributed by atoms with E-state index >= 15 is 0 Å². The molecule has 0 bridgehead atoms. The molecule has 0 unspecified atom stereocenters. The Labute approximate surface area is 134 Å². The number of carbonyl (C=O) groups excluding carboxylic acids is 1. The molecule has 130 valence electrons. The van der Waals surface area contributed by atoms with Crippen LogP contribution in [0.3, 0.4) is 0 Å². The quantitative estimate of drug-likeness (QED) is 0.728. The zero-order valence-corrected chi connectivity index (χ0v) is 14.3. The molecule has 0 saturated heterocycles. The van der Waals surface area contributed by atoms with E-state index in [0.29, 0.717) is 12.6 Å². The van der Waals surface area contributed by atoms with Crippen molar-refractivity contribution in [2.75, 3.05) is 18.9 Å². The summed E-state index contributed by atoms with van der Waals surface area (Å²) in [6.07, 6.45) is 0.0651. The Morgan fingerprint density at radius 1 is 1.17 bits per heavy atom. The van der Waals surface area contributed by atoms with Gasteiger partial charge in [-0.2, -0.15) is 0 Å². The summed E-state index contributed by atoms with van der Waals surface area (Å²) in [7, 11) is -2.55. The molecule has 0 spiro atoms. The van der Waals surface area contributed by atoms with Gasteiger partial charge in [0.2, 0.25) is 15.9 Å². The third kappa shape index (κ3) is 5.85. The fourth-order valence-corrected chi connectivity index (χ4v) is 3.24. The van der Waals surface area contributed by atoms with E-state index in [2.05, 4.69) is 15.4 Å². The van der Waals surface area contributed by atoms with Gasteiger partial charge in [0.25, 0.3) is 0 Å². The van der Waals surface area contributed by atoms with E-state index in [1.165, 1.54) is 0 Å². The van der Waals surface area contributed by atoms with Crippen LogP contribution < -0.4 is 15.4 Å². The maximum atomic E-state index is 13.9. The first kappa shape index (κ1) is 19.5. The molecular formula is C14H21F2N3O3S. The van der Waals surface area contributed by atoms with Crippen LogP contribution in [0.15, 0.2) is 17.0 Å². The first-order valence-electron chi connectivity index (χ1n) is 6.94. The summed E-state index contributed by atoms with van der Waals surface area (Å²) in [6, 6.07) is 1.21. The topological polar surface area (TPSA) is 87.3 Å². The number of carbonyl (C=O) groups is 1. The van der Waals surface area contributed by atoms with Crippen LogP contribution in [0.4, 0.5) is 14.5 Å². The summed E-state index contributed by atoms with van der Waals surface area (Å²) >= 11 is 0. The number of hydrogen-bond donors (Lipinski definition) is 3. The predicted octanol–water partition coefficient (Wildman–Crippen LogP) is 1.59. The number of halogens is 2. The third-order valence-electron chi connectivity index (χ3n) is 2.63. The molecule has 0 aromatic heterocycles. The van der Waals surface area contributed by atoms with Gasteiger partial charge in [-0.25, -0.2) is 21.9 Å². The fourth-order valence-electron chi connectivity index (χ4n) is 1.74. The SMILES string of the molecule is CNCCC(=O)Nc1cc(S(=O)(=O)NC(C)(C)C)c(F)cc1F. The Balaban J connectivity index is 3.16. The van der Waals surface area contributed by atoms with Crippen LogP contribution >= 0.6 is 0 Å². The van der Waals surface area contributed by atoms with Gasteiger partial charge >= 0.3 is 0 Å². The predicted molar refractivity (Wildman–Crippen MR) is 83.6 cm³/mol. The van der Waals surface area contributed by atoms with E-state index in [1.807, 2.05) is 0 Å². The molecule has 0 aliphatic heterocycles. The van der Waals surface area contributed by atoms with Gasteiger partial charge in [-0.1, -0.05) is 0 Å². The Kier molecular flexibility index (Phi) is 6.20. The van der Waals surface area contributed by atoms with Crippen molar-refractivity contribution in [3.8, 4) is 0 Å². The summed E-state index contributed by atoms with van der Waals surface area (Å²) in [4.78, 5) is 10.9. The van der Waals surface area contributed by atoms with Crippen molar-refractivity contribution in [3.63, 3.8) is 0 Å². The van der Waals surface area contributed by atoms with Gasteiger partial charge in [-0.15, -0.1) is 0 Å². The first-order valence-corrected chi connectivity index (χ1v) is 8.42. The number of amides is 1. The molecule has 23 heavy (non-hydrogen) atoms. The molecule has 0 aliphatic carbocycles. The van der Waals surface area contributed by atoms with E-state index in [0.717, 1.165) is 6.07 Å². The highest BCUT2D eigenvalue weighted by molar-refractivity contribution is 7.89. The summed E-state index contributed by atoms with van der Waals surface area (Å²) in [6.45, 7) is 5.14. The van der Waals surface area contributed by atoms with Crippen molar-refractivity contribution in [1.82, 2.24) is 10.0 Å². The Morgan fingerprint density at radius 3 is 2.30 bits per heavy atom. The Hall–Kier alpha value is -1.58. The molecule has 1 rings (SSSR count). The lowest BCUT2D eigenvalue weighted by molar-refractivity contribution is -0.116. The maximum Gasteiger partial charge on any atom is 0.244 e. The molecule has 3 N–H and O–H groups in total. The standard InChI is InChI=1S/C14H21F2N3O3S/c1-14(2,3)19-23(21,22)12-8-11(9(15)7-10(12)16)18-13(20)5-6-17-4/h7-8,17,19H,5-6H2,1-4H3,(H,18,20). The summed E-state index contributed by atoms with van der Waals surface area (Å²) < 4.78 is 54.3. The van der Waals surface area contributed by atoms with Crippen molar-refractivity contribution >= 4 is 21.6 Å². The zero-order valence-electron chi connectivity index (χ0n) is 13.5. The third-order valence-corrected chi connectivity index (χ3v) is 4.40. The molecule has 0 atom stereocenters. The minimum atomic E-state index is -4.20. The number of sulfonamides is 1. The molecule has 6 nitrogen and oxygen atoms in total. The molecule has 0 aliphatic rings. The molecule has 0 saturated carbocycles. The molecule has 0 heterocycles. The van der Waals surface area contributed by atoms with Gasteiger partial charge in [0.15, 0.2) is 0 Å². The van der Waals surface area contributed by atoms with Gasteiger partial charge in [-0.05, 0) is 33.9 Å². The van der Waals surface area contributed by atoms with Crippen molar-refractivity contribution in [2.24, 2.45) is 0 Å². The number of hydrogen-bond acceptors (Lipinski definition) is 4. The monoisotopic (exact) mass is 349 g/mol. The molecule has 0 radical (unpaired) electrons. The lowest BCUT2D eigenvalue weighted by Crippen LogP contribution is -2.40. The highest BCUT2D eigenvalue weighted by atomic mass is 32.2. The van der Waals surface area contributed by atoms with Gasteiger partial charge in [0, 0.05) is 24.6 Å². The average molecular weight is 349 g/mol. The molecule has 9 heteroatoms. The maximum absolute atomic E-state index is 13.9.